The van der Waals surface area contributed by atoms with E-state index in [-0.39, 0.29) is 0 Å². The molecule has 0 spiro atoms. The molecule has 0 aliphatic carbocycles. The summed E-state index contributed by atoms with van der Waals surface area (Å²) in [5.41, 5.74) is 6.72. The average molecular weight is 626 g/mol. The summed E-state index contributed by atoms with van der Waals surface area (Å²) in [7, 11) is 0. The summed E-state index contributed by atoms with van der Waals surface area (Å²) < 4.78 is 6.75. The number of rotatable bonds is 4. The number of fused-ring (bicyclic) bond motifs is 7. The van der Waals surface area contributed by atoms with Gasteiger partial charge in [0.1, 0.15) is 11.2 Å². The number of hydrogen-bond donors (Lipinski definition) is 0. The first-order valence-corrected chi connectivity index (χ1v) is 16.4. The first kappa shape index (κ1) is 27.5. The van der Waals surface area contributed by atoms with Crippen LogP contribution >= 0.6 is 0 Å². The van der Waals surface area contributed by atoms with Gasteiger partial charge in [-0.05, 0) is 56.3 Å². The molecule has 0 amide bonds. The molecule has 2 heterocycles. The number of nitrogens with zero attached hydrogens (tertiary/aromatic N) is 3. The number of aromatic nitrogens is 3. The van der Waals surface area contributed by atoms with E-state index >= 15 is 0 Å². The molecule has 10 aromatic rings. The van der Waals surface area contributed by atoms with Gasteiger partial charge in [0.25, 0.3) is 0 Å². The second kappa shape index (κ2) is 11.0. The summed E-state index contributed by atoms with van der Waals surface area (Å²) >= 11 is 0. The largest absolute Gasteiger partial charge is 0.455 e. The van der Waals surface area contributed by atoms with Gasteiger partial charge in [0.15, 0.2) is 17.5 Å². The van der Waals surface area contributed by atoms with Gasteiger partial charge in [-0.3, -0.25) is 0 Å². The third-order valence-corrected chi connectivity index (χ3v) is 9.49. The lowest BCUT2D eigenvalue weighted by Crippen LogP contribution is -2.01. The molecule has 0 aliphatic heterocycles. The van der Waals surface area contributed by atoms with Crippen LogP contribution in [0.5, 0.6) is 0 Å². The summed E-state index contributed by atoms with van der Waals surface area (Å²) in [6.45, 7) is 0. The summed E-state index contributed by atoms with van der Waals surface area (Å²) in [6.07, 6.45) is 0. The zero-order valence-electron chi connectivity index (χ0n) is 26.3. The molecule has 0 atom stereocenters. The highest BCUT2D eigenvalue weighted by Crippen LogP contribution is 2.44. The van der Waals surface area contributed by atoms with Gasteiger partial charge in [-0.25, -0.2) is 15.0 Å². The van der Waals surface area contributed by atoms with Gasteiger partial charge < -0.3 is 4.42 Å². The van der Waals surface area contributed by atoms with Crippen molar-refractivity contribution < 1.29 is 4.42 Å². The highest BCUT2D eigenvalue weighted by molar-refractivity contribution is 6.23. The van der Waals surface area contributed by atoms with Crippen LogP contribution in [0.15, 0.2) is 168 Å². The van der Waals surface area contributed by atoms with Gasteiger partial charge in [-0.1, -0.05) is 146 Å². The third-order valence-electron chi connectivity index (χ3n) is 9.49. The Morgan fingerprint density at radius 3 is 1.84 bits per heavy atom. The molecular formula is C45H27N3O. The Bertz CT molecular complexity index is 2890. The van der Waals surface area contributed by atoms with E-state index in [9.17, 15) is 0 Å². The topological polar surface area (TPSA) is 51.8 Å². The molecule has 4 nitrogen and oxygen atoms in total. The Morgan fingerprint density at radius 2 is 0.980 bits per heavy atom. The van der Waals surface area contributed by atoms with E-state index in [1.807, 2.05) is 18.2 Å². The predicted molar refractivity (Wildman–Crippen MR) is 201 cm³/mol. The van der Waals surface area contributed by atoms with Crippen LogP contribution in [0.3, 0.4) is 0 Å². The molecule has 0 unspecified atom stereocenters. The number of furan rings is 1. The van der Waals surface area contributed by atoms with Crippen molar-refractivity contribution in [3.63, 3.8) is 0 Å². The van der Waals surface area contributed by atoms with Crippen molar-refractivity contribution in [3.05, 3.63) is 164 Å². The van der Waals surface area contributed by atoms with E-state index in [0.29, 0.717) is 17.5 Å². The van der Waals surface area contributed by atoms with Crippen molar-refractivity contribution in [2.45, 2.75) is 0 Å². The van der Waals surface area contributed by atoms with E-state index in [0.717, 1.165) is 76.7 Å². The van der Waals surface area contributed by atoms with E-state index in [1.165, 1.54) is 5.39 Å². The van der Waals surface area contributed by atoms with Crippen LogP contribution in [-0.4, -0.2) is 15.0 Å². The molecule has 0 saturated carbocycles. The molecule has 0 N–H and O–H groups in total. The fourth-order valence-corrected chi connectivity index (χ4v) is 7.19. The molecule has 0 radical (unpaired) electrons. The van der Waals surface area contributed by atoms with Crippen molar-refractivity contribution in [2.75, 3.05) is 0 Å². The molecule has 0 aliphatic rings. The summed E-state index contributed by atoms with van der Waals surface area (Å²) in [5, 5.41) is 8.68. The van der Waals surface area contributed by atoms with Gasteiger partial charge in [0.2, 0.25) is 0 Å². The zero-order valence-corrected chi connectivity index (χ0v) is 26.3. The lowest BCUT2D eigenvalue weighted by atomic mass is 9.93. The van der Waals surface area contributed by atoms with E-state index < -0.39 is 0 Å². The molecule has 0 fully saturated rings. The SMILES string of the molecule is c1ccc(-c2cccc3cc(-c4nc(-c5ccc6ccccc6c5)nc(-c5cccc6ccccc56)n4)c4c5ccccc5oc4c23)cc1. The number of benzene rings is 8. The summed E-state index contributed by atoms with van der Waals surface area (Å²) in [5.74, 6) is 1.85. The molecule has 49 heavy (non-hydrogen) atoms. The molecule has 8 aromatic carbocycles. The van der Waals surface area contributed by atoms with Crippen LogP contribution in [0.2, 0.25) is 0 Å². The maximum atomic E-state index is 6.75. The number of para-hydroxylation sites is 1. The second-order valence-corrected chi connectivity index (χ2v) is 12.4. The van der Waals surface area contributed by atoms with E-state index in [2.05, 4.69) is 146 Å². The number of hydrogen-bond acceptors (Lipinski definition) is 4. The Morgan fingerprint density at radius 1 is 0.347 bits per heavy atom. The van der Waals surface area contributed by atoms with E-state index in [4.69, 9.17) is 19.4 Å². The van der Waals surface area contributed by atoms with Crippen molar-refractivity contribution in [3.8, 4) is 45.3 Å². The highest BCUT2D eigenvalue weighted by Gasteiger charge is 2.22. The van der Waals surface area contributed by atoms with Crippen molar-refractivity contribution in [1.29, 1.82) is 0 Å². The van der Waals surface area contributed by atoms with Gasteiger partial charge in [0.05, 0.1) is 0 Å². The van der Waals surface area contributed by atoms with Gasteiger partial charge in [0, 0.05) is 32.8 Å². The summed E-state index contributed by atoms with van der Waals surface area (Å²) in [6, 6.07) is 56.8. The van der Waals surface area contributed by atoms with Crippen LogP contribution in [-0.2, 0) is 0 Å². The lowest BCUT2D eigenvalue weighted by molar-refractivity contribution is 0.673. The Hall–Kier alpha value is -6.65. The van der Waals surface area contributed by atoms with Crippen molar-refractivity contribution in [1.82, 2.24) is 15.0 Å². The van der Waals surface area contributed by atoms with Crippen LogP contribution in [0, 0.1) is 0 Å². The molecule has 228 valence electrons. The first-order valence-electron chi connectivity index (χ1n) is 16.4. The standard InChI is InChI=1S/C45H27N3O/c1-2-13-30(14-3-1)35-21-11-18-32-27-38(41-37-20-8-9-23-39(37)49-42(41)40(32)35)45-47-43(33-25-24-28-12-4-5-16-31(28)26-33)46-44(48-45)36-22-10-17-29-15-6-7-19-34(29)36/h1-27H. The average Bonchev–Trinajstić information content (AvgIpc) is 3.57. The predicted octanol–water partition coefficient (Wildman–Crippen LogP) is 11.9. The fourth-order valence-electron chi connectivity index (χ4n) is 7.19. The normalized spacial score (nSPS) is 11.7. The molecule has 2 aromatic heterocycles. The van der Waals surface area contributed by atoms with Gasteiger partial charge in [-0.2, -0.15) is 0 Å². The maximum Gasteiger partial charge on any atom is 0.164 e. The molecular weight excluding hydrogens is 599 g/mol. The minimum atomic E-state index is 0.602. The minimum absolute atomic E-state index is 0.602. The molecule has 4 heteroatoms. The zero-order chi connectivity index (χ0) is 32.3. The second-order valence-electron chi connectivity index (χ2n) is 12.4. The summed E-state index contributed by atoms with van der Waals surface area (Å²) in [4.78, 5) is 15.7. The van der Waals surface area contributed by atoms with Crippen LogP contribution < -0.4 is 0 Å². The minimum Gasteiger partial charge on any atom is -0.455 e. The van der Waals surface area contributed by atoms with Crippen molar-refractivity contribution in [2.24, 2.45) is 0 Å². The molecule has 0 saturated heterocycles. The van der Waals surface area contributed by atoms with Crippen molar-refractivity contribution >= 4 is 54.3 Å². The van der Waals surface area contributed by atoms with Crippen LogP contribution in [0.1, 0.15) is 0 Å². The van der Waals surface area contributed by atoms with Gasteiger partial charge >= 0.3 is 0 Å². The lowest BCUT2D eigenvalue weighted by Gasteiger charge is -2.13. The molecule has 0 bridgehead atoms. The van der Waals surface area contributed by atoms with Crippen LogP contribution in [0.25, 0.3) is 99.5 Å². The quantitative estimate of drug-likeness (QED) is 0.195. The third kappa shape index (κ3) is 4.49. The van der Waals surface area contributed by atoms with Crippen LogP contribution in [0.4, 0.5) is 0 Å². The Kier molecular flexibility index (Phi) is 6.15. The molecule has 10 rings (SSSR count). The Balaban J connectivity index is 1.31. The smallest absolute Gasteiger partial charge is 0.164 e. The van der Waals surface area contributed by atoms with E-state index in [1.54, 1.807) is 0 Å². The maximum absolute atomic E-state index is 6.75. The Labute approximate surface area is 282 Å². The first-order chi connectivity index (χ1) is 24.3. The highest BCUT2D eigenvalue weighted by atomic mass is 16.3. The fraction of sp³-hybridized carbons (Fsp3) is 0. The monoisotopic (exact) mass is 625 g/mol. The van der Waals surface area contributed by atoms with Gasteiger partial charge in [-0.15, -0.1) is 0 Å².